The molecular formula is C12H12BrNO3S2. The van der Waals surface area contributed by atoms with E-state index < -0.39 is 10.0 Å². The Kier molecular flexibility index (Phi) is 3.89. The van der Waals surface area contributed by atoms with Crippen LogP contribution >= 0.6 is 27.3 Å². The number of benzene rings is 1. The number of phenolic OH excluding ortho intramolecular Hbond substituents is 1. The molecule has 0 saturated carbocycles. The van der Waals surface area contributed by atoms with Crippen LogP contribution in [0.2, 0.25) is 0 Å². The second kappa shape index (κ2) is 5.15. The molecule has 0 spiro atoms. The average molecular weight is 362 g/mol. The number of rotatable bonds is 3. The molecule has 0 aliphatic heterocycles. The van der Waals surface area contributed by atoms with E-state index >= 15 is 0 Å². The van der Waals surface area contributed by atoms with Gasteiger partial charge in [0.05, 0.1) is 9.47 Å². The van der Waals surface area contributed by atoms with Crippen molar-refractivity contribution in [2.45, 2.75) is 18.1 Å². The molecule has 0 fully saturated rings. The number of phenols is 1. The Morgan fingerprint density at radius 1 is 1.26 bits per heavy atom. The van der Waals surface area contributed by atoms with E-state index in [9.17, 15) is 13.5 Å². The van der Waals surface area contributed by atoms with Gasteiger partial charge < -0.3 is 5.11 Å². The molecule has 0 atom stereocenters. The first-order valence-electron chi connectivity index (χ1n) is 5.38. The second-order valence-corrected chi connectivity index (χ2v) is 8.43. The lowest BCUT2D eigenvalue weighted by Crippen LogP contribution is -2.11. The summed E-state index contributed by atoms with van der Waals surface area (Å²) in [6.45, 7) is 3.65. The number of anilines is 1. The molecule has 0 aliphatic carbocycles. The highest BCUT2D eigenvalue weighted by atomic mass is 79.9. The van der Waals surface area contributed by atoms with E-state index in [1.165, 1.54) is 6.07 Å². The van der Waals surface area contributed by atoms with E-state index in [4.69, 9.17) is 0 Å². The summed E-state index contributed by atoms with van der Waals surface area (Å²) in [4.78, 5) is 0. The van der Waals surface area contributed by atoms with Crippen molar-refractivity contribution in [3.05, 3.63) is 39.2 Å². The molecule has 1 aromatic carbocycles. The molecule has 1 heterocycles. The lowest BCUT2D eigenvalue weighted by molar-refractivity contribution is 0.477. The molecule has 4 nitrogen and oxygen atoms in total. The Morgan fingerprint density at radius 2 is 1.95 bits per heavy atom. The van der Waals surface area contributed by atoms with Gasteiger partial charge in [0.15, 0.2) is 0 Å². The monoisotopic (exact) mass is 361 g/mol. The van der Waals surface area contributed by atoms with Crippen LogP contribution in [0.3, 0.4) is 0 Å². The molecule has 19 heavy (non-hydrogen) atoms. The fourth-order valence-electron chi connectivity index (χ4n) is 1.49. The summed E-state index contributed by atoms with van der Waals surface area (Å²) in [5.41, 5.74) is 1.90. The van der Waals surface area contributed by atoms with E-state index in [2.05, 4.69) is 20.7 Å². The Labute approximate surface area is 124 Å². The fraction of sp³-hybridized carbons (Fsp3) is 0.167. The fourth-order valence-corrected chi connectivity index (χ4v) is 4.78. The third-order valence-electron chi connectivity index (χ3n) is 2.50. The topological polar surface area (TPSA) is 66.4 Å². The van der Waals surface area contributed by atoms with Crippen LogP contribution < -0.4 is 4.72 Å². The minimum atomic E-state index is -3.68. The van der Waals surface area contributed by atoms with Gasteiger partial charge in [-0.25, -0.2) is 8.42 Å². The smallest absolute Gasteiger partial charge is 0.271 e. The summed E-state index contributed by atoms with van der Waals surface area (Å²) < 4.78 is 27.8. The second-order valence-electron chi connectivity index (χ2n) is 4.15. The van der Waals surface area contributed by atoms with Gasteiger partial charge in [-0.2, -0.15) is 0 Å². The van der Waals surface area contributed by atoms with Gasteiger partial charge in [0.2, 0.25) is 0 Å². The molecule has 0 bridgehead atoms. The maximum absolute atomic E-state index is 12.2. The standard InChI is InChI=1S/C12H12BrNO3S2/c1-7-3-4-10(15)9(5-7)14-19(16,17)11-6-8(2)12(13)18-11/h3-6,14-15H,1-2H3. The van der Waals surface area contributed by atoms with Crippen LogP contribution in [0.5, 0.6) is 5.75 Å². The van der Waals surface area contributed by atoms with Crippen LogP contribution in [0.4, 0.5) is 5.69 Å². The Balaban J connectivity index is 2.39. The molecule has 0 radical (unpaired) electrons. The van der Waals surface area contributed by atoms with Gasteiger partial charge in [0.1, 0.15) is 9.96 Å². The van der Waals surface area contributed by atoms with E-state index in [0.717, 1.165) is 26.3 Å². The van der Waals surface area contributed by atoms with Crippen LogP contribution in [0.1, 0.15) is 11.1 Å². The predicted octanol–water partition coefficient (Wildman–Crippen LogP) is 3.63. The van der Waals surface area contributed by atoms with Crippen LogP contribution in [0.15, 0.2) is 32.3 Å². The number of nitrogens with one attached hydrogen (secondary N) is 1. The Morgan fingerprint density at radius 3 is 2.53 bits per heavy atom. The highest BCUT2D eigenvalue weighted by Gasteiger charge is 2.19. The van der Waals surface area contributed by atoms with Crippen LogP contribution in [-0.2, 0) is 10.0 Å². The zero-order valence-corrected chi connectivity index (χ0v) is 13.5. The minimum absolute atomic E-state index is 0.0958. The summed E-state index contributed by atoms with van der Waals surface area (Å²) >= 11 is 4.43. The van der Waals surface area contributed by atoms with Crippen LogP contribution in [-0.4, -0.2) is 13.5 Å². The highest BCUT2D eigenvalue weighted by molar-refractivity contribution is 9.11. The van der Waals surface area contributed by atoms with Gasteiger partial charge >= 0.3 is 0 Å². The molecule has 0 aliphatic rings. The van der Waals surface area contributed by atoms with Crippen LogP contribution in [0, 0.1) is 13.8 Å². The molecule has 0 unspecified atom stereocenters. The number of sulfonamides is 1. The van der Waals surface area contributed by atoms with E-state index in [0.29, 0.717) is 0 Å². The summed E-state index contributed by atoms with van der Waals surface area (Å²) in [5, 5.41) is 9.67. The van der Waals surface area contributed by atoms with Gasteiger partial charge in [-0.15, -0.1) is 11.3 Å². The number of hydrogen-bond acceptors (Lipinski definition) is 4. The number of aromatic hydroxyl groups is 1. The minimum Gasteiger partial charge on any atom is -0.506 e. The first-order chi connectivity index (χ1) is 8.79. The number of hydrogen-bond donors (Lipinski definition) is 2. The van der Waals surface area contributed by atoms with Crippen molar-refractivity contribution in [2.24, 2.45) is 0 Å². The molecule has 0 saturated heterocycles. The number of halogens is 1. The third kappa shape index (κ3) is 3.10. The zero-order valence-electron chi connectivity index (χ0n) is 10.3. The van der Waals surface area contributed by atoms with Crippen molar-refractivity contribution in [3.8, 4) is 5.75 Å². The first-order valence-corrected chi connectivity index (χ1v) is 8.47. The lowest BCUT2D eigenvalue weighted by Gasteiger charge is -2.08. The van der Waals surface area contributed by atoms with Crippen molar-refractivity contribution in [1.29, 1.82) is 0 Å². The summed E-state index contributed by atoms with van der Waals surface area (Å²) in [5.74, 6) is -0.0958. The molecule has 2 rings (SSSR count). The van der Waals surface area contributed by atoms with Gasteiger partial charge in [-0.05, 0) is 59.1 Å². The normalized spacial score (nSPS) is 11.5. The zero-order chi connectivity index (χ0) is 14.2. The van der Waals surface area contributed by atoms with E-state index in [-0.39, 0.29) is 15.6 Å². The van der Waals surface area contributed by atoms with Gasteiger partial charge in [-0.1, -0.05) is 6.07 Å². The van der Waals surface area contributed by atoms with Crippen molar-refractivity contribution in [2.75, 3.05) is 4.72 Å². The maximum atomic E-state index is 12.2. The summed E-state index contributed by atoms with van der Waals surface area (Å²) in [6.07, 6.45) is 0. The van der Waals surface area contributed by atoms with E-state index in [1.807, 2.05) is 13.8 Å². The predicted molar refractivity (Wildman–Crippen MR) is 80.4 cm³/mol. The quantitative estimate of drug-likeness (QED) is 0.820. The highest BCUT2D eigenvalue weighted by Crippen LogP contribution is 2.33. The number of aryl methyl sites for hydroxylation is 2. The van der Waals surface area contributed by atoms with Gasteiger partial charge in [0, 0.05) is 0 Å². The third-order valence-corrected chi connectivity index (χ3v) is 6.47. The molecule has 2 aromatic rings. The molecule has 102 valence electrons. The molecule has 2 N–H and O–H groups in total. The Hall–Kier alpha value is -1.05. The van der Waals surface area contributed by atoms with Crippen molar-refractivity contribution in [3.63, 3.8) is 0 Å². The largest absolute Gasteiger partial charge is 0.506 e. The van der Waals surface area contributed by atoms with Crippen molar-refractivity contribution < 1.29 is 13.5 Å². The summed E-state index contributed by atoms with van der Waals surface area (Å²) in [6, 6.07) is 6.34. The van der Waals surface area contributed by atoms with E-state index in [1.54, 1.807) is 18.2 Å². The van der Waals surface area contributed by atoms with Crippen LogP contribution in [0.25, 0.3) is 0 Å². The first kappa shape index (κ1) is 14.4. The van der Waals surface area contributed by atoms with Crippen molar-refractivity contribution in [1.82, 2.24) is 0 Å². The van der Waals surface area contributed by atoms with Crippen molar-refractivity contribution >= 4 is 43.0 Å². The maximum Gasteiger partial charge on any atom is 0.271 e. The molecule has 1 aromatic heterocycles. The average Bonchev–Trinajstić information content (AvgIpc) is 2.65. The number of thiophene rings is 1. The molecule has 7 heteroatoms. The molecular weight excluding hydrogens is 350 g/mol. The summed E-state index contributed by atoms with van der Waals surface area (Å²) in [7, 11) is -3.68. The van der Waals surface area contributed by atoms with Gasteiger partial charge in [0.25, 0.3) is 10.0 Å². The van der Waals surface area contributed by atoms with Gasteiger partial charge in [-0.3, -0.25) is 4.72 Å². The lowest BCUT2D eigenvalue weighted by atomic mass is 10.2. The molecule has 0 amide bonds. The SMILES string of the molecule is Cc1ccc(O)c(NS(=O)(=O)c2cc(C)c(Br)s2)c1. The Bertz CT molecular complexity index is 703.